The molecule has 2 aromatic carbocycles. The zero-order valence-corrected chi connectivity index (χ0v) is 19.1. The van der Waals surface area contributed by atoms with Crippen LogP contribution in [-0.4, -0.2) is 23.6 Å². The third-order valence-corrected chi connectivity index (χ3v) is 13.3. The van der Waals surface area contributed by atoms with E-state index in [1.807, 2.05) is 0 Å². The summed E-state index contributed by atoms with van der Waals surface area (Å²) in [5.74, 6) is 0. The van der Waals surface area contributed by atoms with Crippen LogP contribution in [0.25, 0.3) is 0 Å². The van der Waals surface area contributed by atoms with E-state index < -0.39 is 0 Å². The summed E-state index contributed by atoms with van der Waals surface area (Å²) in [6.45, 7) is 0. The van der Waals surface area contributed by atoms with Gasteiger partial charge in [-0.1, -0.05) is 115 Å². The van der Waals surface area contributed by atoms with Crippen LogP contribution < -0.4 is 10.6 Å². The van der Waals surface area contributed by atoms with E-state index >= 15 is 0 Å². The van der Waals surface area contributed by atoms with Gasteiger partial charge in [0.15, 0.2) is 0 Å². The molecule has 0 heterocycles. The highest BCUT2D eigenvalue weighted by Gasteiger charge is 2.29. The highest BCUT2D eigenvalue weighted by atomic mass is 31.1. The molecular formula is C26H36P2. The average molecular weight is 411 g/mol. The number of hydrogen-bond donors (Lipinski definition) is 0. The summed E-state index contributed by atoms with van der Waals surface area (Å²) in [7, 11) is -0.00328. The standard InChI is InChI=1S/C26H36P2/c1-5-13-23(14-6-1)27(24-15-7-2-8-16-24)21-22-28(25-17-9-3-10-18-25)26-19-11-4-12-20-26/h1,3,5-6,9-10,13-14,17-18,24,26H,2,4,7-8,11-12,15-16,19-22H2. The number of rotatable bonds is 7. The van der Waals surface area contributed by atoms with Gasteiger partial charge in [-0.25, -0.2) is 0 Å². The first-order valence-electron chi connectivity index (χ1n) is 11.6. The van der Waals surface area contributed by atoms with Crippen LogP contribution in [0.5, 0.6) is 0 Å². The monoisotopic (exact) mass is 410 g/mol. The lowest BCUT2D eigenvalue weighted by Crippen LogP contribution is -2.23. The molecule has 2 fully saturated rings. The summed E-state index contributed by atoms with van der Waals surface area (Å²) in [4.78, 5) is 0. The van der Waals surface area contributed by atoms with Crippen molar-refractivity contribution in [2.75, 3.05) is 12.3 Å². The third-order valence-electron chi connectivity index (χ3n) is 6.79. The molecule has 0 saturated heterocycles. The summed E-state index contributed by atoms with van der Waals surface area (Å²) in [6.07, 6.45) is 17.6. The highest BCUT2D eigenvalue weighted by Crippen LogP contribution is 2.53. The number of benzene rings is 2. The summed E-state index contributed by atoms with van der Waals surface area (Å²) >= 11 is 0. The van der Waals surface area contributed by atoms with Crippen molar-refractivity contribution >= 4 is 26.5 Å². The molecule has 2 aliphatic carbocycles. The molecule has 28 heavy (non-hydrogen) atoms. The first-order chi connectivity index (χ1) is 13.9. The predicted molar refractivity (Wildman–Crippen MR) is 129 cm³/mol. The molecule has 0 N–H and O–H groups in total. The molecule has 0 bridgehead atoms. The van der Waals surface area contributed by atoms with E-state index in [4.69, 9.17) is 0 Å². The highest BCUT2D eigenvalue weighted by molar-refractivity contribution is 7.70. The fourth-order valence-electron chi connectivity index (χ4n) is 5.28. The molecule has 0 aliphatic heterocycles. The molecule has 2 atom stereocenters. The molecule has 0 radical (unpaired) electrons. The van der Waals surface area contributed by atoms with Crippen LogP contribution in [0.4, 0.5) is 0 Å². The molecule has 0 amide bonds. The maximum atomic E-state index is 2.44. The van der Waals surface area contributed by atoms with Crippen LogP contribution in [0, 0.1) is 0 Å². The smallest absolute Gasteiger partial charge is 0.0169 e. The van der Waals surface area contributed by atoms with Crippen LogP contribution in [0.15, 0.2) is 60.7 Å². The normalized spacial score (nSPS) is 21.3. The van der Waals surface area contributed by atoms with Gasteiger partial charge in [-0.3, -0.25) is 0 Å². The largest absolute Gasteiger partial charge is 0.0718 e. The Bertz CT molecular complexity index is 611. The van der Waals surface area contributed by atoms with Gasteiger partial charge in [-0.15, -0.1) is 0 Å². The summed E-state index contributed by atoms with van der Waals surface area (Å²) < 4.78 is 0. The van der Waals surface area contributed by atoms with E-state index in [0.717, 1.165) is 11.3 Å². The van der Waals surface area contributed by atoms with E-state index in [9.17, 15) is 0 Å². The molecule has 0 spiro atoms. The van der Waals surface area contributed by atoms with Gasteiger partial charge >= 0.3 is 0 Å². The van der Waals surface area contributed by atoms with Gasteiger partial charge in [0.25, 0.3) is 0 Å². The maximum Gasteiger partial charge on any atom is -0.0169 e. The van der Waals surface area contributed by atoms with E-state index in [0.29, 0.717) is 0 Å². The quantitative estimate of drug-likeness (QED) is 0.421. The minimum atomic E-state index is -0.00164. The lowest BCUT2D eigenvalue weighted by Gasteiger charge is -2.35. The van der Waals surface area contributed by atoms with E-state index in [1.165, 1.54) is 76.5 Å². The fourth-order valence-corrected chi connectivity index (χ4v) is 12.2. The van der Waals surface area contributed by atoms with Crippen molar-refractivity contribution in [3.05, 3.63) is 60.7 Å². The van der Waals surface area contributed by atoms with Crippen LogP contribution in [0.3, 0.4) is 0 Å². The van der Waals surface area contributed by atoms with E-state index in [1.54, 1.807) is 10.6 Å². The minimum absolute atomic E-state index is 0.00164. The van der Waals surface area contributed by atoms with Gasteiger partial charge < -0.3 is 0 Å². The Kier molecular flexibility index (Phi) is 8.01. The third kappa shape index (κ3) is 5.46. The molecule has 2 aromatic rings. The maximum absolute atomic E-state index is 2.44. The molecule has 2 aliphatic rings. The molecule has 150 valence electrons. The zero-order chi connectivity index (χ0) is 19.0. The Morgan fingerprint density at radius 1 is 0.500 bits per heavy atom. The Balaban J connectivity index is 1.52. The van der Waals surface area contributed by atoms with Gasteiger partial charge in [0.2, 0.25) is 0 Å². The van der Waals surface area contributed by atoms with Gasteiger partial charge in [0.1, 0.15) is 0 Å². The number of hydrogen-bond acceptors (Lipinski definition) is 0. The summed E-state index contributed by atoms with van der Waals surface area (Å²) in [5.41, 5.74) is 1.95. The molecule has 0 nitrogen and oxygen atoms in total. The van der Waals surface area contributed by atoms with Gasteiger partial charge in [-0.2, -0.15) is 0 Å². The van der Waals surface area contributed by atoms with Crippen LogP contribution in [0.2, 0.25) is 0 Å². The predicted octanol–water partition coefficient (Wildman–Crippen LogP) is 7.27. The molecule has 2 saturated carbocycles. The van der Waals surface area contributed by atoms with Gasteiger partial charge in [0, 0.05) is 0 Å². The molecule has 2 unspecified atom stereocenters. The van der Waals surface area contributed by atoms with Crippen molar-refractivity contribution in [2.45, 2.75) is 75.5 Å². The summed E-state index contributed by atoms with van der Waals surface area (Å²) in [5, 5.41) is 3.35. The van der Waals surface area contributed by atoms with Crippen LogP contribution in [-0.2, 0) is 0 Å². The molecule has 4 rings (SSSR count). The lowest BCUT2D eigenvalue weighted by molar-refractivity contribution is 0.510. The van der Waals surface area contributed by atoms with E-state index in [-0.39, 0.29) is 15.8 Å². The van der Waals surface area contributed by atoms with Crippen molar-refractivity contribution in [3.8, 4) is 0 Å². The molecule has 0 aromatic heterocycles. The SMILES string of the molecule is c1ccc(P(CCP(c2ccccc2)C2CCCCC2)C2CCCCC2)cc1. The van der Waals surface area contributed by atoms with Crippen molar-refractivity contribution in [2.24, 2.45) is 0 Å². The Hall–Kier alpha value is -0.700. The lowest BCUT2D eigenvalue weighted by atomic mass is 10.0. The Labute approximate surface area is 175 Å². The average Bonchev–Trinajstić information content (AvgIpc) is 2.79. The van der Waals surface area contributed by atoms with Gasteiger partial charge in [0.05, 0.1) is 0 Å². The van der Waals surface area contributed by atoms with Crippen LogP contribution >= 0.6 is 15.8 Å². The second-order valence-corrected chi connectivity index (χ2v) is 13.9. The van der Waals surface area contributed by atoms with Crippen molar-refractivity contribution in [1.82, 2.24) is 0 Å². The van der Waals surface area contributed by atoms with E-state index in [2.05, 4.69) is 60.7 Å². The van der Waals surface area contributed by atoms with Crippen molar-refractivity contribution in [1.29, 1.82) is 0 Å². The molecular weight excluding hydrogens is 374 g/mol. The Morgan fingerprint density at radius 3 is 1.21 bits per heavy atom. The zero-order valence-electron chi connectivity index (χ0n) is 17.3. The van der Waals surface area contributed by atoms with Gasteiger partial charge in [-0.05, 0) is 59.9 Å². The Morgan fingerprint density at radius 2 is 0.857 bits per heavy atom. The first-order valence-corrected chi connectivity index (χ1v) is 14.7. The summed E-state index contributed by atoms with van der Waals surface area (Å²) in [6, 6.07) is 23.2. The topological polar surface area (TPSA) is 0 Å². The van der Waals surface area contributed by atoms with Crippen molar-refractivity contribution < 1.29 is 0 Å². The second kappa shape index (κ2) is 10.9. The molecule has 2 heteroatoms. The second-order valence-electron chi connectivity index (χ2n) is 8.64. The van der Waals surface area contributed by atoms with Crippen molar-refractivity contribution in [3.63, 3.8) is 0 Å². The minimum Gasteiger partial charge on any atom is -0.0718 e. The van der Waals surface area contributed by atoms with Crippen LogP contribution in [0.1, 0.15) is 64.2 Å². The fraction of sp³-hybridized carbons (Fsp3) is 0.538. The first kappa shape index (κ1) is 20.6.